The van der Waals surface area contributed by atoms with Gasteiger partial charge >= 0.3 is 5.97 Å². The molecule has 1 aromatic heterocycles. The van der Waals surface area contributed by atoms with E-state index in [4.69, 9.17) is 10.2 Å². The highest BCUT2D eigenvalue weighted by atomic mass is 79.9. The van der Waals surface area contributed by atoms with E-state index in [2.05, 4.69) is 20.7 Å². The summed E-state index contributed by atoms with van der Waals surface area (Å²) in [6.07, 6.45) is 3.33. The van der Waals surface area contributed by atoms with Gasteiger partial charge in [-0.05, 0) is 34.8 Å². The molecule has 0 bridgehead atoms. The minimum atomic E-state index is -0.638. The molecule has 1 saturated carbocycles. The third kappa shape index (κ3) is 1.70. The molecule has 0 spiro atoms. The van der Waals surface area contributed by atoms with E-state index in [1.54, 1.807) is 6.26 Å². The lowest BCUT2D eigenvalue weighted by Gasteiger charge is -2.18. The Morgan fingerprint density at radius 3 is 2.80 bits per heavy atom. The number of carbonyl (C=O) groups is 1. The van der Waals surface area contributed by atoms with Gasteiger partial charge in [0.05, 0.1) is 17.0 Å². The molecule has 1 atom stereocenters. The van der Waals surface area contributed by atoms with Gasteiger partial charge in [0, 0.05) is 0 Å². The first-order valence-corrected chi connectivity index (χ1v) is 5.47. The first-order valence-electron chi connectivity index (χ1n) is 4.68. The Bertz CT molecular complexity index is 384. The zero-order valence-corrected chi connectivity index (χ0v) is 9.91. The number of rotatable bonds is 3. The van der Waals surface area contributed by atoms with Crippen LogP contribution in [0.4, 0.5) is 0 Å². The maximum absolute atomic E-state index is 11.4. The number of hydrogen-bond acceptors (Lipinski definition) is 4. The first kappa shape index (κ1) is 10.7. The lowest BCUT2D eigenvalue weighted by Crippen LogP contribution is -2.42. The van der Waals surface area contributed by atoms with Crippen LogP contribution in [0.2, 0.25) is 0 Å². The fraction of sp³-hybridized carbons (Fsp3) is 0.500. The van der Waals surface area contributed by atoms with Crippen molar-refractivity contribution < 1.29 is 13.9 Å². The lowest BCUT2D eigenvalue weighted by molar-refractivity contribution is -0.143. The SMILES string of the molecule is COC(=O)C(N)C1(c2cc(Br)co2)CC1. The van der Waals surface area contributed by atoms with E-state index in [1.165, 1.54) is 7.11 Å². The van der Waals surface area contributed by atoms with Gasteiger partial charge in [-0.25, -0.2) is 0 Å². The van der Waals surface area contributed by atoms with Gasteiger partial charge < -0.3 is 14.9 Å². The normalized spacial score (nSPS) is 19.7. The molecule has 82 valence electrons. The summed E-state index contributed by atoms with van der Waals surface area (Å²) >= 11 is 3.30. The van der Waals surface area contributed by atoms with Gasteiger partial charge in [-0.3, -0.25) is 4.79 Å². The number of carbonyl (C=O) groups excluding carboxylic acids is 1. The van der Waals surface area contributed by atoms with Crippen LogP contribution < -0.4 is 5.73 Å². The molecule has 2 N–H and O–H groups in total. The lowest BCUT2D eigenvalue weighted by atomic mass is 9.94. The van der Waals surface area contributed by atoms with Gasteiger partial charge in [0.15, 0.2) is 0 Å². The van der Waals surface area contributed by atoms with Crippen LogP contribution in [-0.4, -0.2) is 19.1 Å². The van der Waals surface area contributed by atoms with E-state index in [0.717, 1.165) is 23.1 Å². The second-order valence-corrected chi connectivity index (χ2v) is 4.70. The van der Waals surface area contributed by atoms with E-state index in [-0.39, 0.29) is 11.4 Å². The van der Waals surface area contributed by atoms with Crippen molar-refractivity contribution in [2.75, 3.05) is 7.11 Å². The molecule has 1 aromatic rings. The topological polar surface area (TPSA) is 65.5 Å². The number of ether oxygens (including phenoxy) is 1. The van der Waals surface area contributed by atoms with Crippen LogP contribution in [0.5, 0.6) is 0 Å². The molecule has 4 nitrogen and oxygen atoms in total. The highest BCUT2D eigenvalue weighted by Crippen LogP contribution is 2.51. The molecule has 0 amide bonds. The van der Waals surface area contributed by atoms with Crippen molar-refractivity contribution >= 4 is 21.9 Å². The van der Waals surface area contributed by atoms with Gasteiger partial charge in [0.1, 0.15) is 18.1 Å². The quantitative estimate of drug-likeness (QED) is 0.850. The molecule has 2 rings (SSSR count). The molecule has 15 heavy (non-hydrogen) atoms. The standard InChI is InChI=1S/C10H12BrNO3/c1-14-9(13)8(12)10(2-3-10)7-4-6(11)5-15-7/h4-5,8H,2-3,12H2,1H3. The van der Waals surface area contributed by atoms with Gasteiger partial charge in [-0.1, -0.05) is 0 Å². The highest BCUT2D eigenvalue weighted by molar-refractivity contribution is 9.10. The maximum atomic E-state index is 11.4. The predicted molar refractivity (Wildman–Crippen MR) is 57.3 cm³/mol. The van der Waals surface area contributed by atoms with Crippen LogP contribution in [0.3, 0.4) is 0 Å². The van der Waals surface area contributed by atoms with Crippen LogP contribution in [0, 0.1) is 0 Å². The van der Waals surface area contributed by atoms with Crippen LogP contribution in [0.15, 0.2) is 21.2 Å². The Balaban J connectivity index is 2.24. The second-order valence-electron chi connectivity index (χ2n) is 3.79. The fourth-order valence-electron chi connectivity index (χ4n) is 1.77. The van der Waals surface area contributed by atoms with Gasteiger partial charge in [-0.15, -0.1) is 0 Å². The highest BCUT2D eigenvalue weighted by Gasteiger charge is 2.55. The number of methoxy groups -OCH3 is 1. The molecule has 0 aliphatic heterocycles. The average molecular weight is 274 g/mol. The van der Waals surface area contributed by atoms with Crippen molar-refractivity contribution in [1.82, 2.24) is 0 Å². The molecule has 0 aromatic carbocycles. The monoisotopic (exact) mass is 273 g/mol. The van der Waals surface area contributed by atoms with Crippen molar-refractivity contribution in [2.45, 2.75) is 24.3 Å². The molecule has 0 radical (unpaired) electrons. The average Bonchev–Trinajstić information content (AvgIpc) is 2.94. The van der Waals surface area contributed by atoms with Crippen LogP contribution in [0.1, 0.15) is 18.6 Å². The van der Waals surface area contributed by atoms with Gasteiger partial charge in [-0.2, -0.15) is 0 Å². The number of nitrogens with two attached hydrogens (primary N) is 1. The molecule has 5 heteroatoms. The summed E-state index contributed by atoms with van der Waals surface area (Å²) < 4.78 is 10.9. The van der Waals surface area contributed by atoms with Gasteiger partial charge in [0.25, 0.3) is 0 Å². The summed E-state index contributed by atoms with van der Waals surface area (Å²) in [6.45, 7) is 0. The Labute approximate surface area is 95.9 Å². The van der Waals surface area contributed by atoms with E-state index >= 15 is 0 Å². The second kappa shape index (κ2) is 3.64. The Morgan fingerprint density at radius 1 is 1.73 bits per heavy atom. The van der Waals surface area contributed by atoms with Crippen molar-refractivity contribution in [3.05, 3.63) is 22.6 Å². The number of hydrogen-bond donors (Lipinski definition) is 1. The predicted octanol–water partition coefficient (Wildman–Crippen LogP) is 1.57. The van der Waals surface area contributed by atoms with E-state index < -0.39 is 6.04 Å². The van der Waals surface area contributed by atoms with E-state index in [1.807, 2.05) is 6.07 Å². The van der Waals surface area contributed by atoms with Crippen molar-refractivity contribution in [3.8, 4) is 0 Å². The Hall–Kier alpha value is -0.810. The first-order chi connectivity index (χ1) is 7.10. The molecule has 1 unspecified atom stereocenters. The van der Waals surface area contributed by atoms with E-state index in [9.17, 15) is 4.79 Å². The molecule has 1 heterocycles. The van der Waals surface area contributed by atoms with Crippen molar-refractivity contribution in [2.24, 2.45) is 5.73 Å². The summed E-state index contributed by atoms with van der Waals surface area (Å²) in [5.41, 5.74) is 5.51. The molecular weight excluding hydrogens is 262 g/mol. The summed E-state index contributed by atoms with van der Waals surface area (Å²) in [6, 6.07) is 1.22. The zero-order chi connectivity index (χ0) is 11.1. The molecule has 1 aliphatic carbocycles. The third-order valence-electron chi connectivity index (χ3n) is 2.90. The Kier molecular flexibility index (Phi) is 2.60. The maximum Gasteiger partial charge on any atom is 0.323 e. The fourth-order valence-corrected chi connectivity index (χ4v) is 2.07. The minimum Gasteiger partial charge on any atom is -0.468 e. The van der Waals surface area contributed by atoms with E-state index in [0.29, 0.717) is 0 Å². The van der Waals surface area contributed by atoms with Crippen LogP contribution in [-0.2, 0) is 14.9 Å². The molecule has 1 fully saturated rings. The van der Waals surface area contributed by atoms with Crippen molar-refractivity contribution in [1.29, 1.82) is 0 Å². The number of esters is 1. The van der Waals surface area contributed by atoms with Crippen LogP contribution in [0.25, 0.3) is 0 Å². The summed E-state index contributed by atoms with van der Waals surface area (Å²) in [5.74, 6) is 0.368. The minimum absolute atomic E-state index is 0.348. The summed E-state index contributed by atoms with van der Waals surface area (Å²) in [5, 5.41) is 0. The third-order valence-corrected chi connectivity index (χ3v) is 3.31. The molecule has 1 aliphatic rings. The van der Waals surface area contributed by atoms with Gasteiger partial charge in [0.2, 0.25) is 0 Å². The smallest absolute Gasteiger partial charge is 0.323 e. The number of halogens is 1. The largest absolute Gasteiger partial charge is 0.468 e. The number of furan rings is 1. The summed E-state index contributed by atoms with van der Waals surface area (Å²) in [4.78, 5) is 11.4. The van der Waals surface area contributed by atoms with Crippen LogP contribution >= 0.6 is 15.9 Å². The Morgan fingerprint density at radius 2 is 2.40 bits per heavy atom. The van der Waals surface area contributed by atoms with Crippen molar-refractivity contribution in [3.63, 3.8) is 0 Å². The zero-order valence-electron chi connectivity index (χ0n) is 8.33. The molecule has 0 saturated heterocycles. The summed E-state index contributed by atoms with van der Waals surface area (Å²) in [7, 11) is 1.34. The molecular formula is C10H12BrNO3.